The van der Waals surface area contributed by atoms with Crippen LogP contribution in [0.3, 0.4) is 0 Å². The van der Waals surface area contributed by atoms with Crippen LogP contribution in [0.25, 0.3) is 0 Å². The fourth-order valence-corrected chi connectivity index (χ4v) is 1.12. The summed E-state index contributed by atoms with van der Waals surface area (Å²) < 4.78 is 0. The smallest absolute Gasteiger partial charge is 0.305 e. The quantitative estimate of drug-likeness (QED) is 0.672. The van der Waals surface area contributed by atoms with E-state index in [2.05, 4.69) is 10.3 Å². The number of aromatic nitrogens is 1. The molecule has 0 aliphatic heterocycles. The van der Waals surface area contributed by atoms with Gasteiger partial charge in [-0.05, 0) is 18.6 Å². The number of aliphatic carboxylic acids is 1. The zero-order valence-electron chi connectivity index (χ0n) is 8.80. The summed E-state index contributed by atoms with van der Waals surface area (Å²) in [6.07, 6.45) is 2.74. The van der Waals surface area contributed by atoms with Crippen LogP contribution >= 0.6 is 0 Å². The predicted octanol–water partition coefficient (Wildman–Crippen LogP) is 0.131. The molecule has 16 heavy (non-hydrogen) atoms. The highest BCUT2D eigenvalue weighted by Gasteiger charge is 2.17. The SMILES string of the molecule is Cc1cnccc1NC(=O)C(N)CC(=O)O. The molecule has 6 heteroatoms. The highest BCUT2D eigenvalue weighted by molar-refractivity contribution is 5.97. The number of pyridine rings is 1. The van der Waals surface area contributed by atoms with Gasteiger partial charge in [-0.25, -0.2) is 0 Å². The van der Waals surface area contributed by atoms with Crippen LogP contribution in [0.2, 0.25) is 0 Å². The van der Waals surface area contributed by atoms with Gasteiger partial charge in [0.15, 0.2) is 0 Å². The van der Waals surface area contributed by atoms with Gasteiger partial charge in [0.25, 0.3) is 0 Å². The number of nitrogens with zero attached hydrogens (tertiary/aromatic N) is 1. The highest BCUT2D eigenvalue weighted by Crippen LogP contribution is 2.11. The number of carboxylic acid groups (broad SMARTS) is 1. The summed E-state index contributed by atoms with van der Waals surface area (Å²) in [7, 11) is 0. The minimum absolute atomic E-state index is 0.393. The molecule has 1 rings (SSSR count). The van der Waals surface area contributed by atoms with Gasteiger partial charge in [-0.2, -0.15) is 0 Å². The maximum absolute atomic E-state index is 11.5. The predicted molar refractivity (Wildman–Crippen MR) is 57.8 cm³/mol. The Kier molecular flexibility index (Phi) is 3.96. The molecule has 1 aromatic rings. The Morgan fingerprint density at radius 1 is 1.62 bits per heavy atom. The average Bonchev–Trinajstić information content (AvgIpc) is 2.20. The van der Waals surface area contributed by atoms with Crippen LogP contribution in [0.15, 0.2) is 18.5 Å². The summed E-state index contributed by atoms with van der Waals surface area (Å²) in [5.74, 6) is -1.62. The number of rotatable bonds is 4. The first kappa shape index (κ1) is 12.1. The number of carbonyl (C=O) groups excluding carboxylic acids is 1. The standard InChI is InChI=1S/C10H13N3O3/c1-6-5-12-3-2-8(6)13-10(16)7(11)4-9(14)15/h2-3,5,7H,4,11H2,1H3,(H,14,15)(H,12,13,16). The van der Waals surface area contributed by atoms with E-state index in [1.165, 1.54) is 6.20 Å². The lowest BCUT2D eigenvalue weighted by atomic mass is 10.2. The van der Waals surface area contributed by atoms with Crippen LogP contribution in [0.5, 0.6) is 0 Å². The molecule has 0 spiro atoms. The molecule has 6 nitrogen and oxygen atoms in total. The number of amides is 1. The van der Waals surface area contributed by atoms with Crippen molar-refractivity contribution < 1.29 is 14.7 Å². The fraction of sp³-hybridized carbons (Fsp3) is 0.300. The van der Waals surface area contributed by atoms with Crippen molar-refractivity contribution in [1.29, 1.82) is 0 Å². The molecule has 0 aliphatic carbocycles. The zero-order valence-corrected chi connectivity index (χ0v) is 8.80. The Morgan fingerprint density at radius 3 is 2.88 bits per heavy atom. The third kappa shape index (κ3) is 3.32. The number of nitrogens with two attached hydrogens (primary N) is 1. The van der Waals surface area contributed by atoms with E-state index in [0.717, 1.165) is 5.56 Å². The molecule has 0 aliphatic rings. The molecule has 0 saturated heterocycles. The lowest BCUT2D eigenvalue weighted by Crippen LogP contribution is -2.37. The van der Waals surface area contributed by atoms with Crippen molar-refractivity contribution in [2.24, 2.45) is 5.73 Å². The van der Waals surface area contributed by atoms with Crippen LogP contribution in [-0.2, 0) is 9.59 Å². The minimum Gasteiger partial charge on any atom is -0.481 e. The van der Waals surface area contributed by atoms with Gasteiger partial charge in [-0.3, -0.25) is 14.6 Å². The van der Waals surface area contributed by atoms with Crippen LogP contribution < -0.4 is 11.1 Å². The zero-order chi connectivity index (χ0) is 12.1. The van der Waals surface area contributed by atoms with Crippen molar-refractivity contribution in [2.75, 3.05) is 5.32 Å². The van der Waals surface area contributed by atoms with Crippen LogP contribution in [0.4, 0.5) is 5.69 Å². The first-order valence-electron chi connectivity index (χ1n) is 4.69. The van der Waals surface area contributed by atoms with Gasteiger partial charge in [0.1, 0.15) is 0 Å². The Bertz CT molecular complexity index is 406. The molecule has 1 unspecified atom stereocenters. The summed E-state index contributed by atoms with van der Waals surface area (Å²) in [4.78, 5) is 25.7. The molecular weight excluding hydrogens is 210 g/mol. The van der Waals surface area contributed by atoms with Gasteiger partial charge in [0.05, 0.1) is 12.5 Å². The first-order valence-corrected chi connectivity index (χ1v) is 4.69. The maximum atomic E-state index is 11.5. The molecule has 1 heterocycles. The Labute approximate surface area is 92.5 Å². The van der Waals surface area contributed by atoms with Gasteiger partial charge in [-0.15, -0.1) is 0 Å². The number of nitrogens with one attached hydrogen (secondary N) is 1. The molecule has 0 radical (unpaired) electrons. The van der Waals surface area contributed by atoms with Crippen molar-refractivity contribution >= 4 is 17.6 Å². The molecule has 1 aromatic heterocycles. The molecular formula is C10H13N3O3. The Morgan fingerprint density at radius 2 is 2.31 bits per heavy atom. The first-order chi connectivity index (χ1) is 7.50. The third-order valence-corrected chi connectivity index (χ3v) is 2.01. The summed E-state index contributed by atoms with van der Waals surface area (Å²) in [6, 6.07) is 0.575. The Balaban J connectivity index is 2.64. The summed E-state index contributed by atoms with van der Waals surface area (Å²) in [6.45, 7) is 1.78. The topological polar surface area (TPSA) is 105 Å². The monoisotopic (exact) mass is 223 g/mol. The van der Waals surface area contributed by atoms with E-state index < -0.39 is 24.3 Å². The molecule has 4 N–H and O–H groups in total. The maximum Gasteiger partial charge on any atom is 0.305 e. The number of hydrogen-bond acceptors (Lipinski definition) is 4. The summed E-state index contributed by atoms with van der Waals surface area (Å²) in [5, 5.41) is 11.0. The van der Waals surface area contributed by atoms with E-state index >= 15 is 0 Å². The number of carboxylic acids is 1. The lowest BCUT2D eigenvalue weighted by molar-refractivity contribution is -0.138. The van der Waals surface area contributed by atoms with E-state index in [9.17, 15) is 9.59 Å². The number of carbonyl (C=O) groups is 2. The van der Waals surface area contributed by atoms with Gasteiger partial charge < -0.3 is 16.2 Å². The van der Waals surface area contributed by atoms with E-state index in [1.807, 2.05) is 0 Å². The summed E-state index contributed by atoms with van der Waals surface area (Å²) in [5.41, 5.74) is 6.78. The molecule has 86 valence electrons. The largest absolute Gasteiger partial charge is 0.481 e. The Hall–Kier alpha value is -1.95. The second-order valence-electron chi connectivity index (χ2n) is 3.38. The average molecular weight is 223 g/mol. The molecule has 0 saturated carbocycles. The van der Waals surface area contributed by atoms with Gasteiger partial charge in [-0.1, -0.05) is 0 Å². The molecule has 1 atom stereocenters. The third-order valence-electron chi connectivity index (χ3n) is 2.01. The van der Waals surface area contributed by atoms with Crippen LogP contribution in [0, 0.1) is 6.92 Å². The highest BCUT2D eigenvalue weighted by atomic mass is 16.4. The molecule has 0 bridgehead atoms. The minimum atomic E-state index is -1.10. The van der Waals surface area contributed by atoms with Crippen molar-refractivity contribution in [3.8, 4) is 0 Å². The second kappa shape index (κ2) is 5.22. The van der Waals surface area contributed by atoms with Crippen molar-refractivity contribution in [1.82, 2.24) is 4.98 Å². The van der Waals surface area contributed by atoms with Gasteiger partial charge in [0, 0.05) is 18.1 Å². The van der Waals surface area contributed by atoms with Gasteiger partial charge in [0.2, 0.25) is 5.91 Å². The number of aryl methyl sites for hydroxylation is 1. The van der Waals surface area contributed by atoms with E-state index in [1.54, 1.807) is 19.2 Å². The fourth-order valence-electron chi connectivity index (χ4n) is 1.12. The van der Waals surface area contributed by atoms with Crippen molar-refractivity contribution in [3.05, 3.63) is 24.0 Å². The number of hydrogen-bond donors (Lipinski definition) is 3. The molecule has 0 fully saturated rings. The molecule has 0 aromatic carbocycles. The number of anilines is 1. The van der Waals surface area contributed by atoms with Crippen molar-refractivity contribution in [2.45, 2.75) is 19.4 Å². The normalized spacial score (nSPS) is 11.9. The van der Waals surface area contributed by atoms with E-state index in [0.29, 0.717) is 5.69 Å². The van der Waals surface area contributed by atoms with Crippen LogP contribution in [-0.4, -0.2) is 28.0 Å². The van der Waals surface area contributed by atoms with Crippen LogP contribution in [0.1, 0.15) is 12.0 Å². The van der Waals surface area contributed by atoms with E-state index in [4.69, 9.17) is 10.8 Å². The van der Waals surface area contributed by atoms with Crippen molar-refractivity contribution in [3.63, 3.8) is 0 Å². The van der Waals surface area contributed by atoms with E-state index in [-0.39, 0.29) is 0 Å². The van der Waals surface area contributed by atoms with Gasteiger partial charge >= 0.3 is 5.97 Å². The second-order valence-corrected chi connectivity index (χ2v) is 3.38. The lowest BCUT2D eigenvalue weighted by Gasteiger charge is -2.11. The molecule has 1 amide bonds. The summed E-state index contributed by atoms with van der Waals surface area (Å²) >= 11 is 0.